The van der Waals surface area contributed by atoms with Crippen molar-refractivity contribution < 1.29 is 14.4 Å². The van der Waals surface area contributed by atoms with Gasteiger partial charge in [-0.05, 0) is 46.7 Å². The third-order valence-electron chi connectivity index (χ3n) is 4.61. The van der Waals surface area contributed by atoms with Gasteiger partial charge in [0.2, 0.25) is 0 Å². The van der Waals surface area contributed by atoms with Gasteiger partial charge >= 0.3 is 0 Å². The van der Waals surface area contributed by atoms with Crippen molar-refractivity contribution in [2.75, 3.05) is 0 Å². The summed E-state index contributed by atoms with van der Waals surface area (Å²) in [6, 6.07) is 23.9. The van der Waals surface area contributed by atoms with E-state index >= 15 is 0 Å². The van der Waals surface area contributed by atoms with Crippen LogP contribution in [0.4, 0.5) is 5.69 Å². The Balaban J connectivity index is 1.59. The molecule has 1 aliphatic heterocycles. The Morgan fingerprint density at radius 3 is 1.96 bits per heavy atom. The fourth-order valence-corrected chi connectivity index (χ4v) is 3.31. The maximum absolute atomic E-state index is 11.3. The molecule has 0 aliphatic carbocycles. The first-order valence-electron chi connectivity index (χ1n) is 8.45. The van der Waals surface area contributed by atoms with Crippen molar-refractivity contribution >= 4 is 16.5 Å². The number of fused-ring (bicyclic) bond motifs is 3. The Labute approximate surface area is 154 Å². The molecule has 0 atom stereocenters. The lowest BCUT2D eigenvalue weighted by atomic mass is 10.0. The molecule has 1 aliphatic rings. The molecule has 0 amide bonds. The van der Waals surface area contributed by atoms with E-state index in [1.54, 1.807) is 36.4 Å². The van der Waals surface area contributed by atoms with E-state index < -0.39 is 0 Å². The number of nitro benzene ring substituents is 1. The minimum absolute atomic E-state index is 0.0561. The van der Waals surface area contributed by atoms with Gasteiger partial charge in [-0.1, -0.05) is 42.5 Å². The number of hydrogen-bond acceptors (Lipinski definition) is 4. The maximum atomic E-state index is 11.3. The predicted molar refractivity (Wildman–Crippen MR) is 103 cm³/mol. The zero-order valence-electron chi connectivity index (χ0n) is 14.1. The van der Waals surface area contributed by atoms with Crippen molar-refractivity contribution in [1.82, 2.24) is 0 Å². The van der Waals surface area contributed by atoms with Crippen LogP contribution in [-0.4, -0.2) is 4.92 Å². The van der Waals surface area contributed by atoms with Gasteiger partial charge in [0, 0.05) is 6.07 Å². The lowest BCUT2D eigenvalue weighted by molar-refractivity contribution is -0.384. The molecule has 0 saturated carbocycles. The average molecular weight is 355 g/mol. The number of para-hydroxylation sites is 1. The van der Waals surface area contributed by atoms with Crippen molar-refractivity contribution in [3.8, 4) is 34.1 Å². The van der Waals surface area contributed by atoms with Crippen LogP contribution in [0.15, 0.2) is 78.9 Å². The molecule has 4 aromatic rings. The molecule has 4 aromatic carbocycles. The standard InChI is InChI=1S/C22H13NO4/c24-23(25)18-8-4-3-7-17(18)16-9-10-19-20(13-16)27-22-12-15-6-2-1-5-14(15)11-21(22)26-19/h1-13H. The van der Waals surface area contributed by atoms with E-state index in [1.165, 1.54) is 6.07 Å². The van der Waals surface area contributed by atoms with Gasteiger partial charge in [0.05, 0.1) is 10.5 Å². The number of nitrogens with zero attached hydrogens (tertiary/aromatic N) is 1. The Hall–Kier alpha value is -3.86. The Morgan fingerprint density at radius 1 is 0.667 bits per heavy atom. The number of benzene rings is 4. The normalized spacial score (nSPS) is 11.9. The summed E-state index contributed by atoms with van der Waals surface area (Å²) in [6.07, 6.45) is 0. The largest absolute Gasteiger partial charge is 0.449 e. The van der Waals surface area contributed by atoms with E-state index in [4.69, 9.17) is 9.47 Å². The summed E-state index contributed by atoms with van der Waals surface area (Å²) in [5.41, 5.74) is 1.30. The molecule has 27 heavy (non-hydrogen) atoms. The lowest BCUT2D eigenvalue weighted by Gasteiger charge is -2.21. The highest BCUT2D eigenvalue weighted by Crippen LogP contribution is 2.48. The highest BCUT2D eigenvalue weighted by Gasteiger charge is 2.22. The summed E-state index contributed by atoms with van der Waals surface area (Å²) in [5, 5.41) is 13.4. The first-order valence-corrected chi connectivity index (χ1v) is 8.45. The Bertz CT molecular complexity index is 1220. The molecule has 0 aromatic heterocycles. The maximum Gasteiger partial charge on any atom is 0.277 e. The monoisotopic (exact) mass is 355 g/mol. The van der Waals surface area contributed by atoms with Crippen molar-refractivity contribution in [1.29, 1.82) is 0 Å². The summed E-state index contributed by atoms with van der Waals surface area (Å²) >= 11 is 0. The molecule has 0 radical (unpaired) electrons. The molecule has 0 fully saturated rings. The van der Waals surface area contributed by atoms with Crippen LogP contribution < -0.4 is 9.47 Å². The van der Waals surface area contributed by atoms with Gasteiger partial charge in [0.25, 0.3) is 5.69 Å². The molecule has 0 N–H and O–H groups in total. The summed E-state index contributed by atoms with van der Waals surface area (Å²) in [4.78, 5) is 10.9. The van der Waals surface area contributed by atoms with E-state index in [1.807, 2.05) is 36.4 Å². The van der Waals surface area contributed by atoms with E-state index in [-0.39, 0.29) is 10.6 Å². The number of rotatable bonds is 2. The summed E-state index contributed by atoms with van der Waals surface area (Å²) < 4.78 is 12.0. The number of hydrogen-bond donors (Lipinski definition) is 0. The van der Waals surface area contributed by atoms with Crippen LogP contribution in [-0.2, 0) is 0 Å². The van der Waals surface area contributed by atoms with Gasteiger partial charge in [0.1, 0.15) is 0 Å². The van der Waals surface area contributed by atoms with Crippen LogP contribution in [0.3, 0.4) is 0 Å². The Morgan fingerprint density at radius 2 is 1.26 bits per heavy atom. The van der Waals surface area contributed by atoms with E-state index in [0.29, 0.717) is 34.1 Å². The van der Waals surface area contributed by atoms with Crippen LogP contribution in [0.1, 0.15) is 0 Å². The van der Waals surface area contributed by atoms with Crippen molar-refractivity contribution in [2.24, 2.45) is 0 Å². The van der Waals surface area contributed by atoms with Crippen molar-refractivity contribution in [2.45, 2.75) is 0 Å². The number of ether oxygens (including phenoxy) is 2. The molecule has 1 heterocycles. The molecule has 0 saturated heterocycles. The quantitative estimate of drug-likeness (QED) is 0.275. The smallest absolute Gasteiger partial charge is 0.277 e. The minimum Gasteiger partial charge on any atom is -0.449 e. The third kappa shape index (κ3) is 2.57. The van der Waals surface area contributed by atoms with Gasteiger partial charge in [0.15, 0.2) is 23.0 Å². The summed E-state index contributed by atoms with van der Waals surface area (Å²) in [6.45, 7) is 0. The van der Waals surface area contributed by atoms with Crippen LogP contribution in [0.25, 0.3) is 21.9 Å². The molecular weight excluding hydrogens is 342 g/mol. The first kappa shape index (κ1) is 15.4. The second-order valence-corrected chi connectivity index (χ2v) is 6.29. The van der Waals surface area contributed by atoms with Gasteiger partial charge in [-0.15, -0.1) is 0 Å². The first-order chi connectivity index (χ1) is 13.2. The average Bonchev–Trinajstić information content (AvgIpc) is 2.70. The van der Waals surface area contributed by atoms with Crippen LogP contribution in [0.5, 0.6) is 23.0 Å². The van der Waals surface area contributed by atoms with Crippen LogP contribution in [0.2, 0.25) is 0 Å². The fraction of sp³-hybridized carbons (Fsp3) is 0. The second-order valence-electron chi connectivity index (χ2n) is 6.29. The molecule has 0 bridgehead atoms. The van der Waals surface area contributed by atoms with Crippen LogP contribution >= 0.6 is 0 Å². The van der Waals surface area contributed by atoms with Gasteiger partial charge in [-0.25, -0.2) is 0 Å². The number of nitro groups is 1. The van der Waals surface area contributed by atoms with Crippen molar-refractivity contribution in [3.05, 3.63) is 89.0 Å². The minimum atomic E-state index is -0.381. The van der Waals surface area contributed by atoms with Gasteiger partial charge in [-0.2, -0.15) is 0 Å². The molecule has 130 valence electrons. The van der Waals surface area contributed by atoms with E-state index in [0.717, 1.165) is 10.8 Å². The summed E-state index contributed by atoms with van der Waals surface area (Å²) in [5.74, 6) is 2.40. The SMILES string of the molecule is O=[N+]([O-])c1ccccc1-c1ccc2c(c1)Oc1cc3ccccc3cc1O2. The van der Waals surface area contributed by atoms with Crippen LogP contribution in [0, 0.1) is 10.1 Å². The summed E-state index contributed by atoms with van der Waals surface area (Å²) in [7, 11) is 0. The molecule has 0 spiro atoms. The lowest BCUT2D eigenvalue weighted by Crippen LogP contribution is -1.99. The zero-order chi connectivity index (χ0) is 18.4. The molecule has 5 heteroatoms. The Kier molecular flexibility index (Phi) is 3.33. The van der Waals surface area contributed by atoms with E-state index in [2.05, 4.69) is 0 Å². The van der Waals surface area contributed by atoms with Gasteiger partial charge < -0.3 is 9.47 Å². The fourth-order valence-electron chi connectivity index (χ4n) is 3.31. The molecule has 5 rings (SSSR count). The predicted octanol–water partition coefficient (Wildman–Crippen LogP) is 6.31. The molecular formula is C22H13NO4. The van der Waals surface area contributed by atoms with Crippen molar-refractivity contribution in [3.63, 3.8) is 0 Å². The highest BCUT2D eigenvalue weighted by atomic mass is 16.6. The third-order valence-corrected chi connectivity index (χ3v) is 4.61. The molecule has 5 nitrogen and oxygen atoms in total. The zero-order valence-corrected chi connectivity index (χ0v) is 14.1. The highest BCUT2D eigenvalue weighted by molar-refractivity contribution is 5.87. The topological polar surface area (TPSA) is 61.6 Å². The second kappa shape index (κ2) is 5.85. The molecule has 0 unspecified atom stereocenters. The van der Waals surface area contributed by atoms with Gasteiger partial charge in [-0.3, -0.25) is 10.1 Å². The van der Waals surface area contributed by atoms with E-state index in [9.17, 15) is 10.1 Å².